The highest BCUT2D eigenvalue weighted by molar-refractivity contribution is 6.06. The predicted molar refractivity (Wildman–Crippen MR) is 89.7 cm³/mol. The molecule has 0 spiro atoms. The molecule has 0 atom stereocenters. The highest BCUT2D eigenvalue weighted by Crippen LogP contribution is 2.35. The summed E-state index contributed by atoms with van der Waals surface area (Å²) in [5.41, 5.74) is 4.03. The van der Waals surface area contributed by atoms with E-state index >= 15 is 0 Å². The first-order valence-corrected chi connectivity index (χ1v) is 7.39. The molecule has 4 rings (SSSR count). The van der Waals surface area contributed by atoms with Crippen LogP contribution >= 0.6 is 0 Å². The Kier molecular flexibility index (Phi) is 2.92. The summed E-state index contributed by atoms with van der Waals surface area (Å²) >= 11 is 0. The van der Waals surface area contributed by atoms with Crippen molar-refractivity contribution in [2.45, 2.75) is 6.92 Å². The minimum absolute atomic E-state index is 0.306. The SMILES string of the molecule is Cc1cc(C#N)c2c3c(F)cccc3c(-c3ccccc3)cn12. The van der Waals surface area contributed by atoms with Crippen molar-refractivity contribution >= 4 is 16.3 Å². The zero-order chi connectivity index (χ0) is 16.0. The van der Waals surface area contributed by atoms with E-state index in [4.69, 9.17) is 0 Å². The van der Waals surface area contributed by atoms with Gasteiger partial charge in [-0.3, -0.25) is 0 Å². The summed E-state index contributed by atoms with van der Waals surface area (Å²) in [4.78, 5) is 0. The van der Waals surface area contributed by atoms with E-state index in [0.29, 0.717) is 16.5 Å². The summed E-state index contributed by atoms with van der Waals surface area (Å²) in [6.45, 7) is 1.93. The van der Waals surface area contributed by atoms with Gasteiger partial charge in [0.2, 0.25) is 0 Å². The first-order chi connectivity index (χ1) is 11.2. The third-order valence-electron chi connectivity index (χ3n) is 4.23. The van der Waals surface area contributed by atoms with Crippen molar-refractivity contribution in [3.05, 3.63) is 77.9 Å². The smallest absolute Gasteiger partial charge is 0.133 e. The summed E-state index contributed by atoms with van der Waals surface area (Å²) in [6.07, 6.45) is 1.99. The number of halogens is 1. The minimum Gasteiger partial charge on any atom is -0.319 e. The number of aryl methyl sites for hydroxylation is 1. The van der Waals surface area contributed by atoms with Crippen LogP contribution in [-0.4, -0.2) is 4.40 Å². The van der Waals surface area contributed by atoms with Crippen LogP contribution in [-0.2, 0) is 0 Å². The van der Waals surface area contributed by atoms with Crippen LogP contribution in [0.5, 0.6) is 0 Å². The number of nitrogens with zero attached hydrogens (tertiary/aromatic N) is 2. The average molecular weight is 300 g/mol. The Morgan fingerprint density at radius 2 is 1.83 bits per heavy atom. The van der Waals surface area contributed by atoms with Crippen molar-refractivity contribution in [1.29, 1.82) is 5.26 Å². The molecule has 3 heteroatoms. The van der Waals surface area contributed by atoms with Crippen molar-refractivity contribution < 1.29 is 4.39 Å². The molecular weight excluding hydrogens is 287 g/mol. The number of pyridine rings is 1. The lowest BCUT2D eigenvalue weighted by atomic mass is 9.99. The second kappa shape index (κ2) is 4.96. The van der Waals surface area contributed by atoms with Crippen molar-refractivity contribution in [2.24, 2.45) is 0 Å². The van der Waals surface area contributed by atoms with Crippen molar-refractivity contribution in [1.82, 2.24) is 4.40 Å². The number of aromatic nitrogens is 1. The number of hydrogen-bond acceptors (Lipinski definition) is 1. The third-order valence-corrected chi connectivity index (χ3v) is 4.23. The molecule has 0 aliphatic rings. The first kappa shape index (κ1) is 13.5. The van der Waals surface area contributed by atoms with Gasteiger partial charge in [-0.05, 0) is 30.0 Å². The summed E-state index contributed by atoms with van der Waals surface area (Å²) in [5, 5.41) is 10.7. The van der Waals surface area contributed by atoms with Crippen LogP contribution in [0.4, 0.5) is 4.39 Å². The molecule has 0 aliphatic carbocycles. The van der Waals surface area contributed by atoms with E-state index in [0.717, 1.165) is 22.2 Å². The average Bonchev–Trinajstić information content (AvgIpc) is 2.91. The van der Waals surface area contributed by atoms with Gasteiger partial charge in [-0.25, -0.2) is 4.39 Å². The van der Waals surface area contributed by atoms with E-state index in [2.05, 4.69) is 6.07 Å². The highest BCUT2D eigenvalue weighted by atomic mass is 19.1. The minimum atomic E-state index is -0.306. The summed E-state index contributed by atoms with van der Waals surface area (Å²) in [7, 11) is 0. The third kappa shape index (κ3) is 1.92. The van der Waals surface area contributed by atoms with Gasteiger partial charge in [-0.15, -0.1) is 0 Å². The fourth-order valence-corrected chi connectivity index (χ4v) is 3.20. The van der Waals surface area contributed by atoms with Crippen LogP contribution in [0.1, 0.15) is 11.3 Å². The lowest BCUT2D eigenvalue weighted by Crippen LogP contribution is -1.94. The molecule has 0 bridgehead atoms. The fraction of sp³-hybridized carbons (Fsp3) is 0.0500. The van der Waals surface area contributed by atoms with E-state index in [1.54, 1.807) is 12.1 Å². The standard InChI is InChI=1S/C20H13FN2/c1-13-10-15(11-22)20-19-16(8-5-9-18(19)21)17(12-23(13)20)14-6-3-2-4-7-14/h2-10,12H,1H3. The molecule has 2 nitrogen and oxygen atoms in total. The summed E-state index contributed by atoms with van der Waals surface area (Å²) in [5.74, 6) is -0.306. The molecule has 110 valence electrons. The molecule has 0 N–H and O–H groups in total. The van der Waals surface area contributed by atoms with Crippen LogP contribution in [0, 0.1) is 24.1 Å². The second-order valence-electron chi connectivity index (χ2n) is 5.60. The molecule has 23 heavy (non-hydrogen) atoms. The second-order valence-corrected chi connectivity index (χ2v) is 5.60. The Bertz CT molecular complexity index is 1090. The number of nitriles is 1. The maximum Gasteiger partial charge on any atom is 0.133 e. The molecule has 2 heterocycles. The van der Waals surface area contributed by atoms with E-state index in [1.807, 2.05) is 53.9 Å². The fourth-order valence-electron chi connectivity index (χ4n) is 3.20. The Labute approximate surface area is 133 Å². The molecule has 0 aliphatic heterocycles. The number of benzene rings is 2. The molecule has 2 aromatic heterocycles. The highest BCUT2D eigenvalue weighted by Gasteiger charge is 2.16. The van der Waals surface area contributed by atoms with Crippen molar-refractivity contribution in [3.63, 3.8) is 0 Å². The molecule has 0 unspecified atom stereocenters. The van der Waals surface area contributed by atoms with Gasteiger partial charge in [0.1, 0.15) is 11.9 Å². The lowest BCUT2D eigenvalue weighted by molar-refractivity contribution is 0.640. The number of rotatable bonds is 1. The number of hydrogen-bond donors (Lipinski definition) is 0. The van der Waals surface area contributed by atoms with Gasteiger partial charge in [0, 0.05) is 22.8 Å². The molecule has 0 saturated heterocycles. The zero-order valence-corrected chi connectivity index (χ0v) is 12.5. The first-order valence-electron chi connectivity index (χ1n) is 7.39. The molecule has 4 aromatic rings. The maximum atomic E-state index is 14.6. The van der Waals surface area contributed by atoms with Crippen LogP contribution in [0.2, 0.25) is 0 Å². The molecule has 0 fully saturated rings. The Morgan fingerprint density at radius 1 is 1.04 bits per heavy atom. The van der Waals surface area contributed by atoms with Gasteiger partial charge in [0.05, 0.1) is 11.1 Å². The van der Waals surface area contributed by atoms with E-state index in [-0.39, 0.29) is 5.82 Å². The van der Waals surface area contributed by atoms with Gasteiger partial charge in [0.25, 0.3) is 0 Å². The van der Waals surface area contributed by atoms with Gasteiger partial charge < -0.3 is 4.40 Å². The van der Waals surface area contributed by atoms with Gasteiger partial charge in [-0.1, -0.05) is 42.5 Å². The molecule has 2 aromatic carbocycles. The maximum absolute atomic E-state index is 14.6. The van der Waals surface area contributed by atoms with Gasteiger partial charge in [0.15, 0.2) is 0 Å². The molecule has 0 radical (unpaired) electrons. The van der Waals surface area contributed by atoms with Crippen LogP contribution < -0.4 is 0 Å². The van der Waals surface area contributed by atoms with Crippen molar-refractivity contribution in [3.8, 4) is 17.2 Å². The van der Waals surface area contributed by atoms with Gasteiger partial charge in [-0.2, -0.15) is 5.26 Å². The van der Waals surface area contributed by atoms with Crippen LogP contribution in [0.15, 0.2) is 60.8 Å². The molecule has 0 saturated carbocycles. The Balaban J connectivity index is 2.27. The largest absolute Gasteiger partial charge is 0.319 e. The quantitative estimate of drug-likeness (QED) is 0.482. The van der Waals surface area contributed by atoms with Crippen LogP contribution in [0.3, 0.4) is 0 Å². The van der Waals surface area contributed by atoms with E-state index in [1.165, 1.54) is 6.07 Å². The topological polar surface area (TPSA) is 28.2 Å². The monoisotopic (exact) mass is 300 g/mol. The van der Waals surface area contributed by atoms with Gasteiger partial charge >= 0.3 is 0 Å². The predicted octanol–water partition coefficient (Wildman–Crippen LogP) is 5.08. The molecule has 0 amide bonds. The van der Waals surface area contributed by atoms with Crippen LogP contribution in [0.25, 0.3) is 27.4 Å². The summed E-state index contributed by atoms with van der Waals surface area (Å²) in [6, 6.07) is 19.0. The lowest BCUT2D eigenvalue weighted by Gasteiger charge is -2.12. The summed E-state index contributed by atoms with van der Waals surface area (Å²) < 4.78 is 16.5. The van der Waals surface area contributed by atoms with E-state index in [9.17, 15) is 9.65 Å². The normalized spacial score (nSPS) is 11.0. The van der Waals surface area contributed by atoms with Crippen molar-refractivity contribution in [2.75, 3.05) is 0 Å². The number of fused-ring (bicyclic) bond motifs is 3. The zero-order valence-electron chi connectivity index (χ0n) is 12.5. The Hall–Kier alpha value is -3.12. The van der Waals surface area contributed by atoms with E-state index < -0.39 is 0 Å². The molecular formula is C20H13FN2. The Morgan fingerprint density at radius 3 is 2.57 bits per heavy atom.